The first-order valence-corrected chi connectivity index (χ1v) is 7.05. The minimum atomic E-state index is 0.566. The van der Waals surface area contributed by atoms with Crippen molar-refractivity contribution in [3.63, 3.8) is 0 Å². The van der Waals surface area contributed by atoms with E-state index in [2.05, 4.69) is 17.3 Å². The van der Waals surface area contributed by atoms with Gasteiger partial charge in [-0.05, 0) is 33.2 Å². The van der Waals surface area contributed by atoms with Crippen LogP contribution in [0.2, 0.25) is 5.02 Å². The third-order valence-electron chi connectivity index (χ3n) is 3.55. The van der Waals surface area contributed by atoms with Crippen molar-refractivity contribution in [1.82, 2.24) is 15.1 Å². The minimum absolute atomic E-state index is 0.566. The van der Waals surface area contributed by atoms with Crippen LogP contribution < -0.4 is 5.32 Å². The Morgan fingerprint density at radius 3 is 3.00 bits per heavy atom. The maximum absolute atomic E-state index is 6.34. The van der Waals surface area contributed by atoms with Crippen LogP contribution in [0.1, 0.15) is 44.0 Å². The molecule has 1 aromatic rings. The SMILES string of the molecule is CCn1nc(C)c(Cl)c1CC1CCCCCN1. The number of nitrogens with one attached hydrogen (secondary N) is 1. The Morgan fingerprint density at radius 1 is 1.41 bits per heavy atom. The summed E-state index contributed by atoms with van der Waals surface area (Å²) in [6.45, 7) is 6.14. The highest BCUT2D eigenvalue weighted by molar-refractivity contribution is 6.31. The maximum atomic E-state index is 6.34. The predicted molar refractivity (Wildman–Crippen MR) is 71.6 cm³/mol. The van der Waals surface area contributed by atoms with Gasteiger partial charge >= 0.3 is 0 Å². The Labute approximate surface area is 109 Å². The molecule has 0 saturated carbocycles. The van der Waals surface area contributed by atoms with Gasteiger partial charge in [0.1, 0.15) is 0 Å². The van der Waals surface area contributed by atoms with Gasteiger partial charge in [0, 0.05) is 19.0 Å². The molecule has 96 valence electrons. The first-order valence-electron chi connectivity index (χ1n) is 6.67. The monoisotopic (exact) mass is 255 g/mol. The molecule has 1 atom stereocenters. The van der Waals surface area contributed by atoms with Crippen LogP contribution in [-0.2, 0) is 13.0 Å². The van der Waals surface area contributed by atoms with Crippen molar-refractivity contribution in [2.75, 3.05) is 6.54 Å². The van der Waals surface area contributed by atoms with Crippen LogP contribution in [-0.4, -0.2) is 22.4 Å². The van der Waals surface area contributed by atoms with E-state index in [0.29, 0.717) is 6.04 Å². The zero-order chi connectivity index (χ0) is 12.3. The molecule has 3 nitrogen and oxygen atoms in total. The van der Waals surface area contributed by atoms with Crippen molar-refractivity contribution in [3.8, 4) is 0 Å². The Bertz CT molecular complexity index is 365. The fourth-order valence-corrected chi connectivity index (χ4v) is 2.78. The number of aromatic nitrogens is 2. The number of aryl methyl sites for hydroxylation is 2. The van der Waals surface area contributed by atoms with E-state index in [-0.39, 0.29) is 0 Å². The first-order chi connectivity index (χ1) is 8.22. The summed E-state index contributed by atoms with van der Waals surface area (Å²) < 4.78 is 2.05. The Hall–Kier alpha value is -0.540. The first kappa shape index (κ1) is 12.9. The van der Waals surface area contributed by atoms with E-state index < -0.39 is 0 Å². The lowest BCUT2D eigenvalue weighted by Gasteiger charge is -2.16. The second-order valence-electron chi connectivity index (χ2n) is 4.87. The topological polar surface area (TPSA) is 29.9 Å². The van der Waals surface area contributed by atoms with Gasteiger partial charge in [-0.3, -0.25) is 4.68 Å². The van der Waals surface area contributed by atoms with E-state index in [4.69, 9.17) is 11.6 Å². The lowest BCUT2D eigenvalue weighted by Crippen LogP contribution is -2.31. The third kappa shape index (κ3) is 3.02. The molecule has 1 fully saturated rings. The van der Waals surface area contributed by atoms with Gasteiger partial charge in [0.2, 0.25) is 0 Å². The molecule has 1 aliphatic heterocycles. The Balaban J connectivity index is 2.11. The number of nitrogens with zero attached hydrogens (tertiary/aromatic N) is 2. The van der Waals surface area contributed by atoms with Gasteiger partial charge in [-0.15, -0.1) is 0 Å². The van der Waals surface area contributed by atoms with Gasteiger partial charge in [0.25, 0.3) is 0 Å². The Morgan fingerprint density at radius 2 is 2.24 bits per heavy atom. The van der Waals surface area contributed by atoms with Gasteiger partial charge in [-0.25, -0.2) is 0 Å². The summed E-state index contributed by atoms with van der Waals surface area (Å²) in [7, 11) is 0. The van der Waals surface area contributed by atoms with Crippen LogP contribution in [0.15, 0.2) is 0 Å². The summed E-state index contributed by atoms with van der Waals surface area (Å²) in [5.74, 6) is 0. The van der Waals surface area contributed by atoms with Gasteiger partial charge < -0.3 is 5.32 Å². The summed E-state index contributed by atoms with van der Waals surface area (Å²) in [5.41, 5.74) is 2.16. The predicted octanol–water partition coefficient (Wildman–Crippen LogP) is 2.94. The zero-order valence-corrected chi connectivity index (χ0v) is 11.6. The molecule has 0 aliphatic carbocycles. The molecular formula is C13H22ClN3. The molecule has 0 bridgehead atoms. The van der Waals surface area contributed by atoms with E-state index in [0.717, 1.165) is 30.2 Å². The zero-order valence-electron chi connectivity index (χ0n) is 10.8. The second-order valence-corrected chi connectivity index (χ2v) is 5.24. The number of hydrogen-bond donors (Lipinski definition) is 1. The fourth-order valence-electron chi connectivity index (χ4n) is 2.57. The summed E-state index contributed by atoms with van der Waals surface area (Å²) in [5, 5.41) is 8.95. The molecule has 2 rings (SSSR count). The summed E-state index contributed by atoms with van der Waals surface area (Å²) >= 11 is 6.34. The minimum Gasteiger partial charge on any atom is -0.314 e. The smallest absolute Gasteiger partial charge is 0.0847 e. The van der Waals surface area contributed by atoms with Crippen molar-refractivity contribution < 1.29 is 0 Å². The van der Waals surface area contributed by atoms with Gasteiger partial charge in [-0.2, -0.15) is 5.10 Å². The summed E-state index contributed by atoms with van der Waals surface area (Å²) in [6, 6.07) is 0.566. The van der Waals surface area contributed by atoms with E-state index in [1.807, 2.05) is 11.6 Å². The van der Waals surface area contributed by atoms with Crippen LogP contribution in [0, 0.1) is 6.92 Å². The van der Waals surface area contributed by atoms with Crippen LogP contribution in [0.4, 0.5) is 0 Å². The number of rotatable bonds is 3. The normalized spacial score (nSPS) is 21.5. The van der Waals surface area contributed by atoms with Crippen LogP contribution >= 0.6 is 11.6 Å². The van der Waals surface area contributed by atoms with Gasteiger partial charge in [-0.1, -0.05) is 24.4 Å². The molecule has 1 saturated heterocycles. The van der Waals surface area contributed by atoms with Crippen molar-refractivity contribution in [2.24, 2.45) is 0 Å². The van der Waals surface area contributed by atoms with Crippen molar-refractivity contribution in [1.29, 1.82) is 0 Å². The number of halogens is 1. The van der Waals surface area contributed by atoms with Gasteiger partial charge in [0.15, 0.2) is 0 Å². The van der Waals surface area contributed by atoms with Gasteiger partial charge in [0.05, 0.1) is 16.4 Å². The quantitative estimate of drug-likeness (QED) is 0.900. The fraction of sp³-hybridized carbons (Fsp3) is 0.769. The average molecular weight is 256 g/mol. The van der Waals surface area contributed by atoms with Crippen LogP contribution in [0.25, 0.3) is 0 Å². The molecule has 0 aromatic carbocycles. The van der Waals surface area contributed by atoms with Crippen molar-refractivity contribution in [2.45, 2.75) is 58.5 Å². The lowest BCUT2D eigenvalue weighted by molar-refractivity contribution is 0.484. The largest absolute Gasteiger partial charge is 0.314 e. The summed E-state index contributed by atoms with van der Waals surface area (Å²) in [6.07, 6.45) is 6.24. The van der Waals surface area contributed by atoms with E-state index in [9.17, 15) is 0 Å². The molecule has 0 spiro atoms. The number of hydrogen-bond acceptors (Lipinski definition) is 2. The molecule has 1 unspecified atom stereocenters. The van der Waals surface area contributed by atoms with E-state index >= 15 is 0 Å². The van der Waals surface area contributed by atoms with E-state index in [1.54, 1.807) is 0 Å². The van der Waals surface area contributed by atoms with Crippen molar-refractivity contribution in [3.05, 3.63) is 16.4 Å². The molecule has 2 heterocycles. The van der Waals surface area contributed by atoms with Crippen molar-refractivity contribution >= 4 is 11.6 Å². The highest BCUT2D eigenvalue weighted by Crippen LogP contribution is 2.23. The Kier molecular flexibility index (Phi) is 4.46. The lowest BCUT2D eigenvalue weighted by atomic mass is 10.1. The third-order valence-corrected chi connectivity index (χ3v) is 4.05. The van der Waals surface area contributed by atoms with E-state index in [1.165, 1.54) is 31.4 Å². The van der Waals surface area contributed by atoms with Crippen LogP contribution in [0.3, 0.4) is 0 Å². The van der Waals surface area contributed by atoms with Crippen LogP contribution in [0.5, 0.6) is 0 Å². The molecule has 0 radical (unpaired) electrons. The highest BCUT2D eigenvalue weighted by atomic mass is 35.5. The molecule has 1 aliphatic rings. The molecule has 17 heavy (non-hydrogen) atoms. The highest BCUT2D eigenvalue weighted by Gasteiger charge is 2.18. The standard InChI is InChI=1S/C13H22ClN3/c1-3-17-12(13(14)10(2)16-17)9-11-7-5-4-6-8-15-11/h11,15H,3-9H2,1-2H3. The molecular weight excluding hydrogens is 234 g/mol. The average Bonchev–Trinajstić information content (AvgIpc) is 2.54. The second kappa shape index (κ2) is 5.87. The molecule has 0 amide bonds. The molecule has 1 aromatic heterocycles. The maximum Gasteiger partial charge on any atom is 0.0847 e. The molecule has 4 heteroatoms. The summed E-state index contributed by atoms with van der Waals surface area (Å²) in [4.78, 5) is 0. The molecule has 1 N–H and O–H groups in total.